The molecule has 1 heterocycles. The Balaban J connectivity index is 1.90. The summed E-state index contributed by atoms with van der Waals surface area (Å²) in [5.74, 6) is -2.76. The molecular formula is C23H22N2O5S. The van der Waals surface area contributed by atoms with Gasteiger partial charge in [0, 0.05) is 18.7 Å². The summed E-state index contributed by atoms with van der Waals surface area (Å²) in [5.41, 5.74) is 1.98. The first kappa shape index (κ1) is 22.2. The maximum atomic E-state index is 13.3. The highest BCUT2D eigenvalue weighted by Gasteiger charge is 2.34. The Kier molecular flexibility index (Phi) is 6.88. The standard InChI is InChI=1S/C23H22N2O5S/c24-15-20(22(17-7-3-1-4-8-17)18-9-5-2-6-10-18)23(28)25-13-11-19(12-14-25)31(29,30)16-21(26)27/h1-10,19H,11-14,16H2,(H,26,27). The Bertz CT molecular complexity index is 1090. The molecule has 0 atom stereocenters. The lowest BCUT2D eigenvalue weighted by Gasteiger charge is -2.31. The van der Waals surface area contributed by atoms with E-state index in [0.29, 0.717) is 5.57 Å². The van der Waals surface area contributed by atoms with E-state index in [1.807, 2.05) is 60.7 Å². The Hall–Kier alpha value is -3.44. The third-order valence-electron chi connectivity index (χ3n) is 5.26. The van der Waals surface area contributed by atoms with Crippen LogP contribution in [0.25, 0.3) is 5.57 Å². The van der Waals surface area contributed by atoms with Gasteiger partial charge >= 0.3 is 5.97 Å². The quantitative estimate of drug-likeness (QED) is 0.547. The lowest BCUT2D eigenvalue weighted by molar-refractivity contribution is -0.134. The first-order chi connectivity index (χ1) is 14.8. The van der Waals surface area contributed by atoms with Crippen molar-refractivity contribution in [3.8, 4) is 6.07 Å². The van der Waals surface area contributed by atoms with Gasteiger partial charge < -0.3 is 10.0 Å². The van der Waals surface area contributed by atoms with Gasteiger partial charge in [-0.1, -0.05) is 60.7 Å². The number of nitrogens with zero attached hydrogens (tertiary/aromatic N) is 2. The maximum absolute atomic E-state index is 13.3. The Morgan fingerprint density at radius 2 is 1.45 bits per heavy atom. The van der Waals surface area contributed by atoms with Crippen molar-refractivity contribution in [2.24, 2.45) is 0 Å². The molecule has 0 radical (unpaired) electrons. The maximum Gasteiger partial charge on any atom is 0.318 e. The van der Waals surface area contributed by atoms with Gasteiger partial charge in [0.05, 0.1) is 5.25 Å². The summed E-state index contributed by atoms with van der Waals surface area (Å²) in [6, 6.07) is 20.4. The van der Waals surface area contributed by atoms with Crippen molar-refractivity contribution in [3.63, 3.8) is 0 Å². The second-order valence-electron chi connectivity index (χ2n) is 7.29. The van der Waals surface area contributed by atoms with E-state index in [2.05, 4.69) is 6.07 Å². The number of carbonyl (C=O) groups excluding carboxylic acids is 1. The summed E-state index contributed by atoms with van der Waals surface area (Å²) in [4.78, 5) is 25.5. The van der Waals surface area contributed by atoms with Crippen LogP contribution in [0.15, 0.2) is 66.2 Å². The SMILES string of the molecule is N#CC(C(=O)N1CCC(S(=O)(=O)CC(=O)O)CC1)=C(c1ccccc1)c1ccccc1. The summed E-state index contributed by atoms with van der Waals surface area (Å²) in [7, 11) is -3.77. The van der Waals surface area contributed by atoms with Crippen LogP contribution in [0.4, 0.5) is 0 Å². The van der Waals surface area contributed by atoms with E-state index in [1.165, 1.54) is 4.90 Å². The van der Waals surface area contributed by atoms with E-state index < -0.39 is 32.7 Å². The van der Waals surface area contributed by atoms with Gasteiger partial charge in [0.1, 0.15) is 17.4 Å². The van der Waals surface area contributed by atoms with Crippen molar-refractivity contribution in [2.75, 3.05) is 18.8 Å². The molecule has 1 aliphatic rings. The molecule has 2 aromatic rings. The predicted octanol–water partition coefficient (Wildman–Crippen LogP) is 2.50. The zero-order chi connectivity index (χ0) is 22.4. The van der Waals surface area contributed by atoms with E-state index >= 15 is 0 Å². The van der Waals surface area contributed by atoms with Crippen LogP contribution in [-0.2, 0) is 19.4 Å². The zero-order valence-corrected chi connectivity index (χ0v) is 17.6. The number of aliphatic carboxylic acids is 1. The topological polar surface area (TPSA) is 116 Å². The highest BCUT2D eigenvalue weighted by molar-refractivity contribution is 7.92. The van der Waals surface area contributed by atoms with E-state index in [0.717, 1.165) is 11.1 Å². The molecule has 31 heavy (non-hydrogen) atoms. The third kappa shape index (κ3) is 5.19. The Morgan fingerprint density at radius 3 is 1.87 bits per heavy atom. The average Bonchev–Trinajstić information content (AvgIpc) is 2.77. The summed E-state index contributed by atoms with van der Waals surface area (Å²) < 4.78 is 24.4. The van der Waals surface area contributed by atoms with Crippen LogP contribution in [0.2, 0.25) is 0 Å². The monoisotopic (exact) mass is 438 g/mol. The second kappa shape index (κ2) is 9.58. The first-order valence-corrected chi connectivity index (χ1v) is 11.5. The van der Waals surface area contributed by atoms with Crippen LogP contribution in [0, 0.1) is 11.3 Å². The van der Waals surface area contributed by atoms with Gasteiger partial charge in [-0.15, -0.1) is 0 Å². The zero-order valence-electron chi connectivity index (χ0n) is 16.8. The summed E-state index contributed by atoms with van der Waals surface area (Å²) in [6.45, 7) is 0.286. The lowest BCUT2D eigenvalue weighted by Crippen LogP contribution is -2.44. The molecule has 1 fully saturated rings. The molecule has 1 saturated heterocycles. The van der Waals surface area contributed by atoms with Crippen molar-refractivity contribution >= 4 is 27.3 Å². The van der Waals surface area contributed by atoms with Gasteiger partial charge in [-0.05, 0) is 24.0 Å². The van der Waals surface area contributed by atoms with Crippen LogP contribution in [0.3, 0.4) is 0 Å². The normalized spacial score (nSPS) is 14.5. The number of likely N-dealkylation sites (tertiary alicyclic amines) is 1. The molecule has 1 aliphatic heterocycles. The molecule has 3 rings (SSSR count). The number of amides is 1. The minimum atomic E-state index is -3.77. The minimum Gasteiger partial charge on any atom is -0.480 e. The van der Waals surface area contributed by atoms with Crippen molar-refractivity contribution < 1.29 is 23.1 Å². The fraction of sp³-hybridized carbons (Fsp3) is 0.261. The fourth-order valence-corrected chi connectivity index (χ4v) is 5.25. The highest BCUT2D eigenvalue weighted by atomic mass is 32.2. The van der Waals surface area contributed by atoms with Crippen molar-refractivity contribution in [2.45, 2.75) is 18.1 Å². The number of benzene rings is 2. The molecule has 0 aromatic heterocycles. The van der Waals surface area contributed by atoms with Crippen LogP contribution in [-0.4, -0.2) is 54.4 Å². The minimum absolute atomic E-state index is 0.00996. The highest BCUT2D eigenvalue weighted by Crippen LogP contribution is 2.29. The van der Waals surface area contributed by atoms with E-state index in [-0.39, 0.29) is 31.5 Å². The number of rotatable bonds is 6. The number of sulfone groups is 1. The van der Waals surface area contributed by atoms with Crippen LogP contribution in [0.5, 0.6) is 0 Å². The molecule has 1 N–H and O–H groups in total. The molecule has 0 unspecified atom stereocenters. The van der Waals surface area contributed by atoms with E-state index in [4.69, 9.17) is 5.11 Å². The molecule has 7 nitrogen and oxygen atoms in total. The molecular weight excluding hydrogens is 416 g/mol. The van der Waals surface area contributed by atoms with Crippen LogP contribution < -0.4 is 0 Å². The molecule has 0 saturated carbocycles. The summed E-state index contributed by atoms with van der Waals surface area (Å²) in [6.07, 6.45) is 0.290. The third-order valence-corrected chi connectivity index (χ3v) is 7.40. The van der Waals surface area contributed by atoms with Crippen molar-refractivity contribution in [1.29, 1.82) is 5.26 Å². The molecule has 0 bridgehead atoms. The average molecular weight is 439 g/mol. The number of piperidine rings is 1. The largest absolute Gasteiger partial charge is 0.480 e. The molecule has 0 spiro atoms. The van der Waals surface area contributed by atoms with Gasteiger partial charge in [0.15, 0.2) is 9.84 Å². The predicted molar refractivity (Wildman–Crippen MR) is 116 cm³/mol. The Morgan fingerprint density at radius 1 is 0.968 bits per heavy atom. The smallest absolute Gasteiger partial charge is 0.318 e. The number of hydrogen-bond donors (Lipinski definition) is 1. The first-order valence-electron chi connectivity index (χ1n) is 9.81. The Labute approximate surface area is 181 Å². The molecule has 1 amide bonds. The van der Waals surface area contributed by atoms with Crippen LogP contribution in [0.1, 0.15) is 24.0 Å². The van der Waals surface area contributed by atoms with Gasteiger partial charge in [-0.3, -0.25) is 9.59 Å². The van der Waals surface area contributed by atoms with Crippen molar-refractivity contribution in [1.82, 2.24) is 4.90 Å². The van der Waals surface area contributed by atoms with Crippen LogP contribution >= 0.6 is 0 Å². The van der Waals surface area contributed by atoms with E-state index in [1.54, 1.807) is 0 Å². The van der Waals surface area contributed by atoms with Gasteiger partial charge in [0.2, 0.25) is 0 Å². The summed E-state index contributed by atoms with van der Waals surface area (Å²) >= 11 is 0. The fourth-order valence-electron chi connectivity index (χ4n) is 3.74. The number of carbonyl (C=O) groups is 2. The molecule has 0 aliphatic carbocycles. The lowest BCUT2D eigenvalue weighted by atomic mass is 9.92. The number of carboxylic acid groups (broad SMARTS) is 1. The summed E-state index contributed by atoms with van der Waals surface area (Å²) in [5, 5.41) is 17.9. The van der Waals surface area contributed by atoms with Gasteiger partial charge in [-0.25, -0.2) is 8.42 Å². The molecule has 8 heteroatoms. The van der Waals surface area contributed by atoms with Gasteiger partial charge in [0.25, 0.3) is 5.91 Å². The number of hydrogen-bond acceptors (Lipinski definition) is 5. The number of carboxylic acids is 1. The molecule has 160 valence electrons. The van der Waals surface area contributed by atoms with Gasteiger partial charge in [-0.2, -0.15) is 5.26 Å². The van der Waals surface area contributed by atoms with E-state index in [9.17, 15) is 23.3 Å². The second-order valence-corrected chi connectivity index (χ2v) is 9.57. The van der Waals surface area contributed by atoms with Crippen molar-refractivity contribution in [3.05, 3.63) is 77.4 Å². The molecule has 2 aromatic carbocycles. The number of nitriles is 1.